The zero-order valence-electron chi connectivity index (χ0n) is 10.4. The molecular formula is C13H19NO3S. The molecule has 1 saturated heterocycles. The Hall–Kier alpha value is -0.910. The summed E-state index contributed by atoms with van der Waals surface area (Å²) in [5.41, 5.74) is 0. The monoisotopic (exact) mass is 269 g/mol. The normalized spacial score (nSPS) is 17.7. The molecule has 0 spiro atoms. The molecule has 1 fully saturated rings. The van der Waals surface area contributed by atoms with Crippen LogP contribution in [0.3, 0.4) is 0 Å². The zero-order valence-corrected chi connectivity index (χ0v) is 11.2. The molecule has 18 heavy (non-hydrogen) atoms. The number of thiophene rings is 1. The number of amides is 1. The van der Waals surface area contributed by atoms with E-state index in [1.807, 2.05) is 22.4 Å². The Bertz CT molecular complexity index is 360. The fraction of sp³-hybridized carbons (Fsp3) is 0.615. The van der Waals surface area contributed by atoms with Crippen LogP contribution in [0.25, 0.3) is 0 Å². The summed E-state index contributed by atoms with van der Waals surface area (Å²) in [5, 5.41) is 11.9. The second-order valence-electron chi connectivity index (χ2n) is 4.42. The summed E-state index contributed by atoms with van der Waals surface area (Å²) in [6.45, 7) is 2.69. The van der Waals surface area contributed by atoms with Crippen molar-refractivity contribution in [3.05, 3.63) is 22.4 Å². The average Bonchev–Trinajstić information content (AvgIpc) is 2.93. The summed E-state index contributed by atoms with van der Waals surface area (Å²) >= 11 is 1.56. The van der Waals surface area contributed by atoms with Crippen molar-refractivity contribution in [3.63, 3.8) is 0 Å². The molecule has 5 heteroatoms. The lowest BCUT2D eigenvalue weighted by atomic mass is 10.1. The minimum atomic E-state index is -0.428. The molecule has 0 bridgehead atoms. The summed E-state index contributed by atoms with van der Waals surface area (Å²) in [7, 11) is 0. The van der Waals surface area contributed by atoms with Crippen LogP contribution >= 0.6 is 11.3 Å². The number of carbonyl (C=O) groups excluding carboxylic acids is 1. The van der Waals surface area contributed by atoms with E-state index in [-0.39, 0.29) is 5.91 Å². The number of hydrogen-bond acceptors (Lipinski definition) is 4. The highest BCUT2D eigenvalue weighted by atomic mass is 32.1. The first-order valence-electron chi connectivity index (χ1n) is 6.34. The fourth-order valence-electron chi connectivity index (χ4n) is 2.04. The van der Waals surface area contributed by atoms with Crippen molar-refractivity contribution >= 4 is 17.2 Å². The smallest absolute Gasteiger partial charge is 0.222 e. The Balaban J connectivity index is 1.67. The van der Waals surface area contributed by atoms with Gasteiger partial charge < -0.3 is 14.7 Å². The predicted octanol–water partition coefficient (Wildman–Crippen LogP) is 1.81. The van der Waals surface area contributed by atoms with Gasteiger partial charge in [-0.1, -0.05) is 6.07 Å². The number of aliphatic hydroxyl groups is 1. The van der Waals surface area contributed by atoms with E-state index >= 15 is 0 Å². The topological polar surface area (TPSA) is 49.8 Å². The van der Waals surface area contributed by atoms with Crippen molar-refractivity contribution in [1.82, 2.24) is 4.90 Å². The molecule has 0 aliphatic carbocycles. The van der Waals surface area contributed by atoms with Gasteiger partial charge in [-0.05, 0) is 24.3 Å². The average molecular weight is 269 g/mol. The number of nitrogens with zero attached hydrogens (tertiary/aromatic N) is 1. The van der Waals surface area contributed by atoms with Crippen LogP contribution in [0.5, 0.6) is 0 Å². The van der Waals surface area contributed by atoms with Crippen molar-refractivity contribution in [3.8, 4) is 0 Å². The van der Waals surface area contributed by atoms with Crippen LogP contribution < -0.4 is 0 Å². The van der Waals surface area contributed by atoms with E-state index in [1.165, 1.54) is 0 Å². The summed E-state index contributed by atoms with van der Waals surface area (Å²) in [6.07, 6.45) is 1.47. The van der Waals surface area contributed by atoms with E-state index in [1.54, 1.807) is 11.3 Å². The van der Waals surface area contributed by atoms with Crippen LogP contribution in [-0.4, -0.2) is 42.2 Å². The third kappa shape index (κ3) is 3.80. The number of morpholine rings is 1. The molecule has 1 aliphatic heterocycles. The Kier molecular flexibility index (Phi) is 5.16. The standard InChI is InChI=1S/C13H19NO3S/c15-11(12-4-2-10-18-12)3-1-5-13(16)14-6-8-17-9-7-14/h2,4,10-11,15H,1,3,5-9H2. The highest BCUT2D eigenvalue weighted by molar-refractivity contribution is 7.10. The first-order chi connectivity index (χ1) is 8.77. The van der Waals surface area contributed by atoms with Crippen molar-refractivity contribution < 1.29 is 14.6 Å². The van der Waals surface area contributed by atoms with Crippen LogP contribution in [0.15, 0.2) is 17.5 Å². The Morgan fingerprint density at radius 3 is 2.94 bits per heavy atom. The van der Waals surface area contributed by atoms with Gasteiger partial charge in [-0.15, -0.1) is 11.3 Å². The summed E-state index contributed by atoms with van der Waals surface area (Å²) in [6, 6.07) is 3.86. The molecule has 0 saturated carbocycles. The molecule has 1 N–H and O–H groups in total. The van der Waals surface area contributed by atoms with E-state index in [0.717, 1.165) is 11.3 Å². The van der Waals surface area contributed by atoms with Gasteiger partial charge in [0.1, 0.15) is 0 Å². The molecule has 1 aromatic rings. The maximum atomic E-state index is 11.9. The molecule has 0 radical (unpaired) electrons. The maximum Gasteiger partial charge on any atom is 0.222 e. The van der Waals surface area contributed by atoms with Gasteiger partial charge in [0, 0.05) is 24.4 Å². The minimum absolute atomic E-state index is 0.177. The lowest BCUT2D eigenvalue weighted by Crippen LogP contribution is -2.40. The van der Waals surface area contributed by atoms with Crippen molar-refractivity contribution in [2.45, 2.75) is 25.4 Å². The molecule has 1 atom stereocenters. The molecule has 0 aromatic carbocycles. The second-order valence-corrected chi connectivity index (χ2v) is 5.40. The van der Waals surface area contributed by atoms with Gasteiger partial charge >= 0.3 is 0 Å². The Labute approximate surface area is 111 Å². The summed E-state index contributed by atoms with van der Waals surface area (Å²) < 4.78 is 5.21. The zero-order chi connectivity index (χ0) is 12.8. The minimum Gasteiger partial charge on any atom is -0.388 e. The van der Waals surface area contributed by atoms with Gasteiger partial charge in [-0.25, -0.2) is 0 Å². The van der Waals surface area contributed by atoms with Crippen molar-refractivity contribution in [1.29, 1.82) is 0 Å². The van der Waals surface area contributed by atoms with Crippen LogP contribution in [0.1, 0.15) is 30.2 Å². The molecule has 2 heterocycles. The van der Waals surface area contributed by atoms with Crippen molar-refractivity contribution in [2.75, 3.05) is 26.3 Å². The van der Waals surface area contributed by atoms with E-state index in [4.69, 9.17) is 4.74 Å². The molecule has 1 aliphatic rings. The second kappa shape index (κ2) is 6.87. The van der Waals surface area contributed by atoms with Crippen LogP contribution in [-0.2, 0) is 9.53 Å². The maximum absolute atomic E-state index is 11.9. The largest absolute Gasteiger partial charge is 0.388 e. The molecule has 1 aromatic heterocycles. The van der Waals surface area contributed by atoms with E-state index in [2.05, 4.69) is 0 Å². The third-order valence-corrected chi connectivity index (χ3v) is 4.08. The van der Waals surface area contributed by atoms with Gasteiger partial charge in [-0.3, -0.25) is 4.79 Å². The third-order valence-electron chi connectivity index (χ3n) is 3.10. The summed E-state index contributed by atoms with van der Waals surface area (Å²) in [5.74, 6) is 0.177. The number of carbonyl (C=O) groups is 1. The molecule has 1 unspecified atom stereocenters. The Morgan fingerprint density at radius 1 is 1.50 bits per heavy atom. The quantitative estimate of drug-likeness (QED) is 0.887. The highest BCUT2D eigenvalue weighted by Crippen LogP contribution is 2.23. The lowest BCUT2D eigenvalue weighted by Gasteiger charge is -2.26. The van der Waals surface area contributed by atoms with E-state index < -0.39 is 6.10 Å². The molecule has 100 valence electrons. The first-order valence-corrected chi connectivity index (χ1v) is 7.22. The highest BCUT2D eigenvalue weighted by Gasteiger charge is 2.17. The van der Waals surface area contributed by atoms with Crippen molar-refractivity contribution in [2.24, 2.45) is 0 Å². The SMILES string of the molecule is O=C(CCCC(O)c1cccs1)N1CCOCC1. The van der Waals surface area contributed by atoms with Crippen LogP contribution in [0, 0.1) is 0 Å². The molecule has 1 amide bonds. The molecular weight excluding hydrogens is 250 g/mol. The number of aliphatic hydroxyl groups excluding tert-OH is 1. The number of rotatable bonds is 5. The van der Waals surface area contributed by atoms with Gasteiger partial charge in [0.15, 0.2) is 0 Å². The van der Waals surface area contributed by atoms with Gasteiger partial charge in [0.2, 0.25) is 5.91 Å². The molecule has 4 nitrogen and oxygen atoms in total. The van der Waals surface area contributed by atoms with Gasteiger partial charge in [0.05, 0.1) is 19.3 Å². The van der Waals surface area contributed by atoms with Crippen LogP contribution in [0.4, 0.5) is 0 Å². The summed E-state index contributed by atoms with van der Waals surface area (Å²) in [4.78, 5) is 14.7. The van der Waals surface area contributed by atoms with E-state index in [0.29, 0.717) is 39.1 Å². The number of ether oxygens (including phenoxy) is 1. The first kappa shape index (κ1) is 13.5. The molecule has 2 rings (SSSR count). The van der Waals surface area contributed by atoms with Gasteiger partial charge in [-0.2, -0.15) is 0 Å². The number of hydrogen-bond donors (Lipinski definition) is 1. The lowest BCUT2D eigenvalue weighted by molar-refractivity contribution is -0.135. The van der Waals surface area contributed by atoms with E-state index in [9.17, 15) is 9.90 Å². The Morgan fingerprint density at radius 2 is 2.28 bits per heavy atom. The van der Waals surface area contributed by atoms with Gasteiger partial charge in [0.25, 0.3) is 0 Å². The fourth-order valence-corrected chi connectivity index (χ4v) is 2.79. The predicted molar refractivity (Wildman–Crippen MR) is 70.5 cm³/mol. The van der Waals surface area contributed by atoms with Crippen LogP contribution in [0.2, 0.25) is 0 Å².